The first kappa shape index (κ1) is 81.2. The molecule has 3 aliphatic carbocycles. The number of nitrogens with two attached hydrogens (primary N) is 2. The minimum atomic E-state index is -1.85. The molecule has 0 heterocycles. The van der Waals surface area contributed by atoms with Gasteiger partial charge in [0, 0.05) is 49.4 Å². The largest absolute Gasteiger partial charge is 0.507 e. The fourth-order valence-electron chi connectivity index (χ4n) is 13.5. The number of aliphatic carboxylic acids is 2. The summed E-state index contributed by atoms with van der Waals surface area (Å²) in [5.74, 6) is -15.4. The first-order chi connectivity index (χ1) is 52.3. The molecular formula is C78H88N12O20. The van der Waals surface area contributed by atoms with Crippen LogP contribution in [0.3, 0.4) is 0 Å². The molecule has 0 fully saturated rings. The Balaban J connectivity index is 0.974. The van der Waals surface area contributed by atoms with Crippen LogP contribution in [0.25, 0.3) is 22.3 Å². The number of hydrogen-bond donors (Lipinski definition) is 14. The number of phenolic OH excluding ortho intramolecular Hbond substituents is 2. The molecule has 0 unspecified atom stereocenters. The summed E-state index contributed by atoms with van der Waals surface area (Å²) in [6, 6.07) is 25.9. The number of amides is 10. The van der Waals surface area contributed by atoms with Gasteiger partial charge in [0.25, 0.3) is 0 Å². The number of fused-ring (bicyclic) bond motifs is 8. The highest BCUT2D eigenvalue weighted by molar-refractivity contribution is 6.33. The van der Waals surface area contributed by atoms with Gasteiger partial charge in [-0.3, -0.25) is 67.3 Å². The summed E-state index contributed by atoms with van der Waals surface area (Å²) in [5, 5.41) is 62.5. The van der Waals surface area contributed by atoms with Crippen LogP contribution in [0.2, 0.25) is 0 Å². The highest BCUT2D eigenvalue weighted by Gasteiger charge is 2.40. The first-order valence-corrected chi connectivity index (χ1v) is 35.6. The number of phenols is 2. The zero-order chi connectivity index (χ0) is 79.9. The van der Waals surface area contributed by atoms with E-state index in [0.29, 0.717) is 0 Å². The van der Waals surface area contributed by atoms with Crippen LogP contribution in [0.4, 0.5) is 21.0 Å². The zero-order valence-electron chi connectivity index (χ0n) is 61.2. The van der Waals surface area contributed by atoms with Crippen molar-refractivity contribution in [3.05, 3.63) is 166 Å². The van der Waals surface area contributed by atoms with Crippen molar-refractivity contribution in [1.29, 1.82) is 0 Å². The Hall–Kier alpha value is -12.9. The number of carbonyl (C=O) groups excluding carboxylic acids is 12. The number of carbonyl (C=O) groups is 14. The average Bonchev–Trinajstić information content (AvgIpc) is 1.07. The molecule has 0 spiro atoms. The summed E-state index contributed by atoms with van der Waals surface area (Å²) >= 11 is 0. The summed E-state index contributed by atoms with van der Waals surface area (Å²) < 4.78 is 11.9. The number of ketones is 2. The number of aromatic hydroxyl groups is 2. The minimum Gasteiger partial charge on any atom is -0.507 e. The molecule has 6 atom stereocenters. The molecule has 32 nitrogen and oxygen atoms in total. The van der Waals surface area contributed by atoms with E-state index in [4.69, 9.17) is 20.9 Å². The van der Waals surface area contributed by atoms with Crippen molar-refractivity contribution in [3.63, 3.8) is 0 Å². The van der Waals surface area contributed by atoms with Crippen LogP contribution in [0.15, 0.2) is 121 Å². The van der Waals surface area contributed by atoms with E-state index in [-0.39, 0.29) is 73.5 Å². The molecule has 0 saturated heterocycles. The molecule has 0 aromatic heterocycles. The van der Waals surface area contributed by atoms with E-state index in [2.05, 4.69) is 42.5 Å². The van der Waals surface area contributed by atoms with Crippen molar-refractivity contribution < 1.29 is 97.0 Å². The Labute approximate surface area is 631 Å². The quantitative estimate of drug-likeness (QED) is 0.0245. The molecule has 580 valence electrons. The van der Waals surface area contributed by atoms with E-state index >= 15 is 0 Å². The number of nitrogens with one attached hydrogen (secondary N) is 8. The Kier molecular flexibility index (Phi) is 26.7. The van der Waals surface area contributed by atoms with Gasteiger partial charge in [-0.25, -0.2) is 9.59 Å². The van der Waals surface area contributed by atoms with E-state index in [9.17, 15) is 87.5 Å². The molecule has 10 amide bonds. The number of ether oxygens (including phenoxy) is 2. The standard InChI is InChI=1S/C78H88N12O20/c1-39(2)31-55(71(79)101)87-73(103)41(5)83-75(105)57(33-63(95)96)85-61(93)35-89(77(107)109-37-51-47-19-11-7-15-43(47)44-16-8-12-20-48(44)51)29-27-81-53-23-24-54(66-65(53)69(99)67-59(91)25-26-60(92)68(67)70(66)100)82-28-30-90(78(108)110-38-52-49-21-13-9-17-45(49)46-18-10-14-22-50(46)52)36-62(94)86-58(34-64(97)98)76(106)84-42(6)74(104)88-56(72(80)102)32-40(3)4/h7-26,39-42,51-52,55-58,81-82,91-92H,27-38H2,1-6H3,(H2,79,101)(H2,80,102)(H,83,105)(H,84,106)(H,85,93)(H,86,94)(H,87,103)(H,88,104)(H,95,96)(H,97,98)/t41-,42-,55-,56-,57-,58-/m0/s1. The monoisotopic (exact) mass is 1510 g/mol. The predicted octanol–water partition coefficient (Wildman–Crippen LogP) is 4.16. The number of anilines is 2. The van der Waals surface area contributed by atoms with Gasteiger partial charge in [-0.05, 0) is 107 Å². The van der Waals surface area contributed by atoms with Crippen LogP contribution in [0.1, 0.15) is 133 Å². The number of primary amides is 2. The lowest BCUT2D eigenvalue weighted by atomic mass is 9.81. The van der Waals surface area contributed by atoms with Gasteiger partial charge in [0.1, 0.15) is 74.1 Å². The minimum absolute atomic E-state index is 0.0769. The molecule has 9 rings (SSSR count). The van der Waals surface area contributed by atoms with Crippen LogP contribution in [0.5, 0.6) is 11.5 Å². The summed E-state index contributed by atoms with van der Waals surface area (Å²) in [6.07, 6.45) is -3.85. The van der Waals surface area contributed by atoms with Gasteiger partial charge < -0.3 is 83.9 Å². The fraction of sp³-hybridized carbons (Fsp3) is 0.359. The molecule has 16 N–H and O–H groups in total. The van der Waals surface area contributed by atoms with E-state index in [1.807, 2.05) is 97.1 Å². The molecule has 0 radical (unpaired) electrons. The molecule has 6 aromatic rings. The third-order valence-electron chi connectivity index (χ3n) is 18.8. The molecule has 3 aliphatic rings. The Bertz CT molecular complexity index is 4230. The highest BCUT2D eigenvalue weighted by Crippen LogP contribution is 2.47. The normalized spacial score (nSPS) is 14.0. The molecule has 110 heavy (non-hydrogen) atoms. The topological polar surface area (TPSA) is 493 Å². The van der Waals surface area contributed by atoms with Crippen molar-refractivity contribution in [2.75, 3.05) is 63.1 Å². The maximum atomic E-state index is 15.0. The van der Waals surface area contributed by atoms with E-state index in [1.165, 1.54) is 26.0 Å². The molecular weight excluding hydrogens is 1420 g/mol. The van der Waals surface area contributed by atoms with Gasteiger partial charge in [-0.1, -0.05) is 125 Å². The third kappa shape index (κ3) is 19.6. The van der Waals surface area contributed by atoms with Gasteiger partial charge in [0.2, 0.25) is 58.8 Å². The smallest absolute Gasteiger partial charge is 0.410 e. The van der Waals surface area contributed by atoms with Crippen molar-refractivity contribution in [2.24, 2.45) is 23.3 Å². The van der Waals surface area contributed by atoms with Crippen LogP contribution in [-0.2, 0) is 57.4 Å². The molecule has 0 aliphatic heterocycles. The molecule has 0 bridgehead atoms. The lowest BCUT2D eigenvalue weighted by Crippen LogP contribution is -2.56. The van der Waals surface area contributed by atoms with Crippen LogP contribution in [-0.4, -0.2) is 202 Å². The Morgan fingerprint density at radius 2 is 0.736 bits per heavy atom. The van der Waals surface area contributed by atoms with Crippen LogP contribution >= 0.6 is 0 Å². The first-order valence-electron chi connectivity index (χ1n) is 35.6. The van der Waals surface area contributed by atoms with E-state index in [1.54, 1.807) is 27.7 Å². The zero-order valence-corrected chi connectivity index (χ0v) is 61.2. The number of nitrogens with zero attached hydrogens (tertiary/aromatic N) is 2. The van der Waals surface area contributed by atoms with Crippen LogP contribution in [0, 0.1) is 11.8 Å². The van der Waals surface area contributed by atoms with Crippen molar-refractivity contribution in [3.8, 4) is 33.8 Å². The van der Waals surface area contributed by atoms with Gasteiger partial charge >= 0.3 is 24.1 Å². The van der Waals surface area contributed by atoms with Gasteiger partial charge in [0.05, 0.1) is 35.1 Å². The molecule has 0 saturated carbocycles. The average molecular weight is 1510 g/mol. The fourth-order valence-corrected chi connectivity index (χ4v) is 13.5. The Morgan fingerprint density at radius 1 is 0.418 bits per heavy atom. The maximum absolute atomic E-state index is 15.0. The maximum Gasteiger partial charge on any atom is 0.410 e. The van der Waals surface area contributed by atoms with E-state index in [0.717, 1.165) is 66.4 Å². The van der Waals surface area contributed by atoms with Gasteiger partial charge in [-0.2, -0.15) is 0 Å². The van der Waals surface area contributed by atoms with Crippen molar-refractivity contribution in [2.45, 2.75) is 115 Å². The van der Waals surface area contributed by atoms with Crippen molar-refractivity contribution >= 4 is 94.3 Å². The second kappa shape index (κ2) is 36.1. The summed E-state index contributed by atoms with van der Waals surface area (Å²) in [4.78, 5) is 192. The SMILES string of the molecule is CC(C)C[C@H](NC(=O)[C@H](C)NC(=O)[C@H](CC(=O)O)NC(=O)CN(CCNc1ccc(NCCN(CC(=O)N[C@@H](CC(=O)O)C(=O)N[C@@H](C)C(=O)N[C@@H](CC(C)C)C(N)=O)C(=O)OCC2c3ccccc3-c3ccccc32)c2c1C(=O)c1c(O)ccc(O)c1C2=O)C(=O)OCC1c2ccccc2-c2ccccc21)C(N)=O. The van der Waals surface area contributed by atoms with Gasteiger partial charge in [-0.15, -0.1) is 0 Å². The van der Waals surface area contributed by atoms with Crippen molar-refractivity contribution in [1.82, 2.24) is 41.7 Å². The number of benzene rings is 6. The summed E-state index contributed by atoms with van der Waals surface area (Å²) in [5.41, 5.74) is 15.8. The number of hydrogen-bond acceptors (Lipinski definition) is 20. The Morgan fingerprint density at radius 3 is 1.04 bits per heavy atom. The number of carboxylic acid groups (broad SMARTS) is 2. The number of carboxylic acids is 2. The summed E-state index contributed by atoms with van der Waals surface area (Å²) in [6.45, 7) is 5.66. The van der Waals surface area contributed by atoms with Gasteiger partial charge in [0.15, 0.2) is 0 Å². The van der Waals surface area contributed by atoms with E-state index < -0.39 is 193 Å². The lowest BCUT2D eigenvalue weighted by Gasteiger charge is -2.27. The summed E-state index contributed by atoms with van der Waals surface area (Å²) in [7, 11) is 0. The third-order valence-corrected chi connectivity index (χ3v) is 18.8. The highest BCUT2D eigenvalue weighted by atomic mass is 16.6. The lowest BCUT2D eigenvalue weighted by molar-refractivity contribution is -0.141. The van der Waals surface area contributed by atoms with Crippen LogP contribution < -0.4 is 54.0 Å². The number of rotatable bonds is 36. The second-order valence-electron chi connectivity index (χ2n) is 27.8. The molecule has 6 aromatic carbocycles. The molecule has 32 heteroatoms. The predicted molar refractivity (Wildman–Crippen MR) is 398 cm³/mol. The second-order valence-corrected chi connectivity index (χ2v) is 27.8.